The van der Waals surface area contributed by atoms with Gasteiger partial charge in [-0.05, 0) is 13.3 Å². The zero-order chi connectivity index (χ0) is 23.9. The van der Waals surface area contributed by atoms with E-state index in [9.17, 15) is 35.7 Å². The molecule has 190 valence electrons. The molecule has 0 saturated carbocycles. The van der Waals surface area contributed by atoms with Gasteiger partial charge in [0, 0.05) is 6.61 Å². The molecule has 0 aromatic rings. The van der Waals surface area contributed by atoms with Crippen LogP contribution in [0.3, 0.4) is 0 Å². The molecular weight excluding hydrogens is 428 g/mol. The Bertz CT molecular complexity index is 532. The Kier molecular flexibility index (Phi) is 11.2. The summed E-state index contributed by atoms with van der Waals surface area (Å²) in [5, 5.41) is 71.0. The lowest BCUT2D eigenvalue weighted by atomic mass is 9.86. The Morgan fingerprint density at radius 3 is 2.00 bits per heavy atom. The van der Waals surface area contributed by atoms with Crippen molar-refractivity contribution in [3.8, 4) is 0 Å². The van der Waals surface area contributed by atoms with E-state index in [1.165, 1.54) is 6.42 Å². The van der Waals surface area contributed by atoms with Crippen molar-refractivity contribution in [1.29, 1.82) is 0 Å². The standard InChI is InChI=1S/C21H40O11/c1-3-4-5-6-7-8-9-29-19-15(25)14(24)16(12(10-22)30-19)32-20-18(27)21(2,28)17(26)13(11-23)31-20/h12-20,22-28H,3-11H2,1-2H3/t12-,13-,14-,15-,16-,17+,18+,19-,20+,21+/m1/s1. The molecule has 0 unspecified atom stereocenters. The number of aliphatic hydroxyl groups excluding tert-OH is 6. The quantitative estimate of drug-likeness (QED) is 0.164. The van der Waals surface area contributed by atoms with Gasteiger partial charge in [0.15, 0.2) is 12.6 Å². The van der Waals surface area contributed by atoms with E-state index in [2.05, 4.69) is 6.92 Å². The predicted molar refractivity (Wildman–Crippen MR) is 110 cm³/mol. The van der Waals surface area contributed by atoms with E-state index in [0.717, 1.165) is 39.0 Å². The number of hydrogen-bond acceptors (Lipinski definition) is 11. The summed E-state index contributed by atoms with van der Waals surface area (Å²) in [6.07, 6.45) is -6.55. The number of aliphatic hydroxyl groups is 7. The lowest BCUT2D eigenvalue weighted by Crippen LogP contribution is -2.68. The first-order valence-electron chi connectivity index (χ1n) is 11.4. The van der Waals surface area contributed by atoms with Gasteiger partial charge in [-0.3, -0.25) is 0 Å². The first-order valence-corrected chi connectivity index (χ1v) is 11.4. The second-order valence-corrected chi connectivity index (χ2v) is 8.79. The Labute approximate surface area is 188 Å². The summed E-state index contributed by atoms with van der Waals surface area (Å²) in [6, 6.07) is 0. The van der Waals surface area contributed by atoms with Crippen molar-refractivity contribution in [1.82, 2.24) is 0 Å². The van der Waals surface area contributed by atoms with Gasteiger partial charge in [0.1, 0.15) is 48.3 Å². The zero-order valence-electron chi connectivity index (χ0n) is 18.8. The second kappa shape index (κ2) is 12.9. The normalized spacial score (nSPS) is 42.8. The van der Waals surface area contributed by atoms with Crippen LogP contribution >= 0.6 is 0 Å². The monoisotopic (exact) mass is 468 g/mol. The maximum absolute atomic E-state index is 10.6. The molecule has 0 bridgehead atoms. The fourth-order valence-corrected chi connectivity index (χ4v) is 3.99. The van der Waals surface area contributed by atoms with E-state index in [0.29, 0.717) is 6.61 Å². The molecule has 2 aliphatic heterocycles. The van der Waals surface area contributed by atoms with Crippen LogP contribution in [0.1, 0.15) is 52.4 Å². The van der Waals surface area contributed by atoms with Crippen LogP contribution in [-0.2, 0) is 18.9 Å². The third kappa shape index (κ3) is 6.57. The first-order chi connectivity index (χ1) is 15.2. The summed E-state index contributed by atoms with van der Waals surface area (Å²) in [7, 11) is 0. The van der Waals surface area contributed by atoms with Crippen LogP contribution in [0.5, 0.6) is 0 Å². The van der Waals surface area contributed by atoms with E-state index in [4.69, 9.17) is 18.9 Å². The lowest BCUT2D eigenvalue weighted by Gasteiger charge is -2.49. The molecule has 2 saturated heterocycles. The van der Waals surface area contributed by atoms with E-state index >= 15 is 0 Å². The highest BCUT2D eigenvalue weighted by Gasteiger charge is 2.55. The molecule has 11 nitrogen and oxygen atoms in total. The first kappa shape index (κ1) is 27.8. The smallest absolute Gasteiger partial charge is 0.187 e. The second-order valence-electron chi connectivity index (χ2n) is 8.79. The van der Waals surface area contributed by atoms with Crippen LogP contribution in [0.25, 0.3) is 0 Å². The summed E-state index contributed by atoms with van der Waals surface area (Å²) >= 11 is 0. The number of ether oxygens (including phenoxy) is 4. The third-order valence-corrected chi connectivity index (χ3v) is 6.19. The van der Waals surface area contributed by atoms with Gasteiger partial charge < -0.3 is 54.7 Å². The molecule has 0 aliphatic carbocycles. The minimum absolute atomic E-state index is 0.313. The Morgan fingerprint density at radius 2 is 1.38 bits per heavy atom. The molecule has 32 heavy (non-hydrogen) atoms. The van der Waals surface area contributed by atoms with E-state index < -0.39 is 74.1 Å². The van der Waals surface area contributed by atoms with Gasteiger partial charge in [0.25, 0.3) is 0 Å². The highest BCUT2D eigenvalue weighted by molar-refractivity contribution is 5.00. The number of rotatable bonds is 12. The maximum Gasteiger partial charge on any atom is 0.187 e. The molecule has 0 aromatic carbocycles. The van der Waals surface area contributed by atoms with Crippen molar-refractivity contribution in [3.05, 3.63) is 0 Å². The molecule has 2 rings (SSSR count). The van der Waals surface area contributed by atoms with Crippen LogP contribution in [0.4, 0.5) is 0 Å². The van der Waals surface area contributed by atoms with Crippen LogP contribution in [0.15, 0.2) is 0 Å². The molecule has 7 N–H and O–H groups in total. The molecule has 11 heteroatoms. The molecule has 10 atom stereocenters. The maximum atomic E-state index is 10.6. The Morgan fingerprint density at radius 1 is 0.781 bits per heavy atom. The highest BCUT2D eigenvalue weighted by Crippen LogP contribution is 2.33. The minimum Gasteiger partial charge on any atom is -0.394 e. The van der Waals surface area contributed by atoms with Crippen LogP contribution < -0.4 is 0 Å². The van der Waals surface area contributed by atoms with Gasteiger partial charge in [-0.25, -0.2) is 0 Å². The largest absolute Gasteiger partial charge is 0.394 e. The van der Waals surface area contributed by atoms with Gasteiger partial charge in [0.2, 0.25) is 0 Å². The van der Waals surface area contributed by atoms with Gasteiger partial charge in [-0.2, -0.15) is 0 Å². The van der Waals surface area contributed by atoms with Gasteiger partial charge in [-0.1, -0.05) is 39.0 Å². The zero-order valence-corrected chi connectivity index (χ0v) is 18.8. The topological polar surface area (TPSA) is 179 Å². The molecular formula is C21H40O11. The molecule has 2 aliphatic rings. The predicted octanol–water partition coefficient (Wildman–Crippen LogP) is -1.62. The number of unbranched alkanes of at least 4 members (excludes halogenated alkanes) is 5. The van der Waals surface area contributed by atoms with E-state index in [1.54, 1.807) is 0 Å². The van der Waals surface area contributed by atoms with Gasteiger partial charge in [0.05, 0.1) is 13.2 Å². The SMILES string of the molecule is CCCCCCCCO[C@@H]1O[C@H](CO)[C@@H](O[C@@H]2O[C@H](CO)[C@H](O)[C@](C)(O)[C@H]2O)[C@H](O)[C@H]1O. The molecule has 0 spiro atoms. The lowest BCUT2D eigenvalue weighted by molar-refractivity contribution is -0.371. The number of hydrogen-bond donors (Lipinski definition) is 7. The summed E-state index contributed by atoms with van der Waals surface area (Å²) in [5.41, 5.74) is -2.08. The summed E-state index contributed by atoms with van der Waals surface area (Å²) in [6.45, 7) is 2.36. The van der Waals surface area contributed by atoms with E-state index in [1.807, 2.05) is 0 Å². The molecule has 2 fully saturated rings. The van der Waals surface area contributed by atoms with Crippen molar-refractivity contribution in [2.24, 2.45) is 0 Å². The van der Waals surface area contributed by atoms with Crippen molar-refractivity contribution in [3.63, 3.8) is 0 Å². The fraction of sp³-hybridized carbons (Fsp3) is 1.00. The average Bonchev–Trinajstić information content (AvgIpc) is 2.78. The van der Waals surface area contributed by atoms with Crippen molar-refractivity contribution < 1.29 is 54.7 Å². The molecule has 0 radical (unpaired) electrons. The van der Waals surface area contributed by atoms with Crippen LogP contribution in [-0.4, -0.2) is 116 Å². The summed E-state index contributed by atoms with van der Waals surface area (Å²) in [4.78, 5) is 0. The molecule has 0 amide bonds. The summed E-state index contributed by atoms with van der Waals surface area (Å²) < 4.78 is 22.0. The Balaban J connectivity index is 1.94. The van der Waals surface area contributed by atoms with Crippen LogP contribution in [0.2, 0.25) is 0 Å². The van der Waals surface area contributed by atoms with Crippen LogP contribution in [0, 0.1) is 0 Å². The van der Waals surface area contributed by atoms with Crippen molar-refractivity contribution in [2.45, 2.75) is 113 Å². The molecule has 0 aromatic heterocycles. The van der Waals surface area contributed by atoms with Gasteiger partial charge >= 0.3 is 0 Å². The Hall–Kier alpha value is -0.440. The van der Waals surface area contributed by atoms with Crippen molar-refractivity contribution in [2.75, 3.05) is 19.8 Å². The third-order valence-electron chi connectivity index (χ3n) is 6.19. The van der Waals surface area contributed by atoms with Crippen molar-refractivity contribution >= 4 is 0 Å². The molecule has 2 heterocycles. The highest BCUT2D eigenvalue weighted by atomic mass is 16.7. The minimum atomic E-state index is -2.08. The average molecular weight is 469 g/mol. The van der Waals surface area contributed by atoms with E-state index in [-0.39, 0.29) is 0 Å². The fourth-order valence-electron chi connectivity index (χ4n) is 3.99. The van der Waals surface area contributed by atoms with Gasteiger partial charge in [-0.15, -0.1) is 0 Å². The summed E-state index contributed by atoms with van der Waals surface area (Å²) in [5.74, 6) is 0.